The van der Waals surface area contributed by atoms with Crippen molar-refractivity contribution in [2.45, 2.75) is 20.0 Å². The van der Waals surface area contributed by atoms with E-state index in [0.29, 0.717) is 6.54 Å². The first-order chi connectivity index (χ1) is 12.1. The van der Waals surface area contributed by atoms with Crippen LogP contribution in [0, 0.1) is 0 Å². The number of hydrogen-bond donors (Lipinski definition) is 0. The minimum absolute atomic E-state index is 0.0135. The summed E-state index contributed by atoms with van der Waals surface area (Å²) >= 11 is 0. The van der Waals surface area contributed by atoms with E-state index in [1.54, 1.807) is 35.6 Å². The zero-order chi connectivity index (χ0) is 17.6. The van der Waals surface area contributed by atoms with Crippen molar-refractivity contribution in [2.24, 2.45) is 14.1 Å². The lowest BCUT2D eigenvalue weighted by molar-refractivity contribution is 0.740. The van der Waals surface area contributed by atoms with Crippen molar-refractivity contribution in [3.63, 3.8) is 0 Å². The topological polar surface area (TPSA) is 62.6 Å². The molecule has 0 atom stereocenters. The molecule has 0 aliphatic carbocycles. The lowest BCUT2D eigenvalue weighted by Gasteiger charge is -2.09. The summed E-state index contributed by atoms with van der Waals surface area (Å²) in [6.45, 7) is 3.60. The Balaban J connectivity index is 1.75. The van der Waals surface area contributed by atoms with Gasteiger partial charge in [0.25, 0.3) is 0 Å². The molecule has 0 spiro atoms. The normalized spacial score (nSPS) is 11.5. The largest absolute Gasteiger partial charge is 0.329 e. The third-order valence-electron chi connectivity index (χ3n) is 4.66. The van der Waals surface area contributed by atoms with E-state index < -0.39 is 0 Å². The molecule has 4 rings (SSSR count). The van der Waals surface area contributed by atoms with Crippen molar-refractivity contribution in [2.75, 3.05) is 0 Å². The highest BCUT2D eigenvalue weighted by Crippen LogP contribution is 2.19. The maximum absolute atomic E-state index is 12.1. The van der Waals surface area contributed by atoms with Crippen LogP contribution >= 0.6 is 0 Å². The molecule has 3 heterocycles. The second-order valence-corrected chi connectivity index (χ2v) is 6.14. The maximum atomic E-state index is 12.1. The fourth-order valence-electron chi connectivity index (χ4n) is 3.26. The van der Waals surface area contributed by atoms with Gasteiger partial charge in [-0.25, -0.2) is 14.8 Å². The highest BCUT2D eigenvalue weighted by atomic mass is 16.1. The molecule has 7 nitrogen and oxygen atoms in total. The van der Waals surface area contributed by atoms with Gasteiger partial charge >= 0.3 is 5.69 Å². The van der Waals surface area contributed by atoms with Crippen molar-refractivity contribution in [3.8, 4) is 11.6 Å². The first kappa shape index (κ1) is 15.4. The Morgan fingerprint density at radius 3 is 2.28 bits per heavy atom. The van der Waals surface area contributed by atoms with Crippen LogP contribution in [0.2, 0.25) is 0 Å². The van der Waals surface area contributed by atoms with Crippen LogP contribution in [-0.4, -0.2) is 28.2 Å². The van der Waals surface area contributed by atoms with Gasteiger partial charge in [-0.2, -0.15) is 0 Å². The number of imidazole rings is 3. The molecule has 25 heavy (non-hydrogen) atoms. The molecule has 0 aliphatic heterocycles. The van der Waals surface area contributed by atoms with Gasteiger partial charge in [-0.3, -0.25) is 9.13 Å². The Kier molecular flexibility index (Phi) is 3.56. The van der Waals surface area contributed by atoms with Crippen molar-refractivity contribution in [3.05, 3.63) is 59.0 Å². The van der Waals surface area contributed by atoms with Gasteiger partial charge in [0.05, 0.1) is 11.0 Å². The van der Waals surface area contributed by atoms with E-state index in [0.717, 1.165) is 34.8 Å². The Hall–Kier alpha value is -3.09. The molecular formula is C18H20N6O. The van der Waals surface area contributed by atoms with Crippen molar-refractivity contribution >= 4 is 11.0 Å². The summed E-state index contributed by atoms with van der Waals surface area (Å²) in [4.78, 5) is 21.0. The molecule has 0 fully saturated rings. The SMILES string of the molecule is CCn1ccnc1-c1nccn1Cc1ccc2c(c1)n(C)c(=O)n2C. The number of benzene rings is 1. The zero-order valence-electron chi connectivity index (χ0n) is 14.5. The van der Waals surface area contributed by atoms with Crippen LogP contribution in [0.4, 0.5) is 0 Å². The third-order valence-corrected chi connectivity index (χ3v) is 4.66. The molecule has 0 aliphatic rings. The second-order valence-electron chi connectivity index (χ2n) is 6.14. The number of aryl methyl sites for hydroxylation is 3. The quantitative estimate of drug-likeness (QED) is 0.573. The van der Waals surface area contributed by atoms with Crippen LogP contribution < -0.4 is 5.69 Å². The highest BCUT2D eigenvalue weighted by molar-refractivity contribution is 5.76. The molecule has 0 saturated heterocycles. The minimum Gasteiger partial charge on any atom is -0.329 e. The molecule has 0 saturated carbocycles. The van der Waals surface area contributed by atoms with Gasteiger partial charge in [0.2, 0.25) is 0 Å². The predicted molar refractivity (Wildman–Crippen MR) is 96.4 cm³/mol. The second kappa shape index (κ2) is 5.77. The molecule has 7 heteroatoms. The minimum atomic E-state index is -0.0135. The zero-order valence-corrected chi connectivity index (χ0v) is 14.5. The van der Waals surface area contributed by atoms with Crippen molar-refractivity contribution in [1.29, 1.82) is 0 Å². The summed E-state index contributed by atoms with van der Waals surface area (Å²) in [5, 5.41) is 0. The van der Waals surface area contributed by atoms with Crippen LogP contribution in [0.5, 0.6) is 0 Å². The molecule has 4 aromatic rings. The summed E-state index contributed by atoms with van der Waals surface area (Å²) in [6.07, 6.45) is 7.50. The average Bonchev–Trinajstić information content (AvgIpc) is 3.31. The summed E-state index contributed by atoms with van der Waals surface area (Å²) in [5.74, 6) is 1.70. The molecular weight excluding hydrogens is 316 g/mol. The smallest absolute Gasteiger partial charge is 0.328 e. The number of fused-ring (bicyclic) bond motifs is 1. The predicted octanol–water partition coefficient (Wildman–Crippen LogP) is 2.01. The highest BCUT2D eigenvalue weighted by Gasteiger charge is 2.13. The third kappa shape index (κ3) is 2.39. The Labute approximate surface area is 144 Å². The van der Waals surface area contributed by atoms with Gasteiger partial charge in [-0.1, -0.05) is 6.07 Å². The van der Waals surface area contributed by atoms with E-state index >= 15 is 0 Å². The lowest BCUT2D eigenvalue weighted by Crippen LogP contribution is -2.19. The Bertz CT molecular complexity index is 1110. The van der Waals surface area contributed by atoms with Crippen LogP contribution in [0.25, 0.3) is 22.7 Å². The van der Waals surface area contributed by atoms with Gasteiger partial charge in [-0.05, 0) is 24.6 Å². The van der Waals surface area contributed by atoms with Crippen LogP contribution in [0.3, 0.4) is 0 Å². The van der Waals surface area contributed by atoms with Crippen molar-refractivity contribution in [1.82, 2.24) is 28.2 Å². The Morgan fingerprint density at radius 1 is 0.920 bits per heavy atom. The van der Waals surface area contributed by atoms with E-state index in [4.69, 9.17) is 0 Å². The van der Waals surface area contributed by atoms with Gasteiger partial charge < -0.3 is 9.13 Å². The summed E-state index contributed by atoms with van der Waals surface area (Å²) in [6, 6.07) is 6.11. The fourth-order valence-corrected chi connectivity index (χ4v) is 3.26. The molecule has 0 radical (unpaired) electrons. The monoisotopic (exact) mass is 336 g/mol. The van der Waals surface area contributed by atoms with E-state index in [9.17, 15) is 4.79 Å². The molecule has 0 unspecified atom stereocenters. The number of aromatic nitrogens is 6. The molecule has 0 N–H and O–H groups in total. The van der Waals surface area contributed by atoms with Crippen molar-refractivity contribution < 1.29 is 0 Å². The molecule has 1 aromatic carbocycles. The van der Waals surface area contributed by atoms with E-state index in [1.165, 1.54) is 0 Å². The van der Waals surface area contributed by atoms with Gasteiger partial charge in [0, 0.05) is 52.0 Å². The maximum Gasteiger partial charge on any atom is 0.328 e. The fraction of sp³-hybridized carbons (Fsp3) is 0.278. The van der Waals surface area contributed by atoms with E-state index in [2.05, 4.69) is 38.2 Å². The van der Waals surface area contributed by atoms with E-state index in [1.807, 2.05) is 18.5 Å². The lowest BCUT2D eigenvalue weighted by atomic mass is 10.2. The molecule has 0 amide bonds. The molecule has 128 valence electrons. The van der Waals surface area contributed by atoms with Crippen LogP contribution in [0.15, 0.2) is 47.8 Å². The number of hydrogen-bond acceptors (Lipinski definition) is 3. The van der Waals surface area contributed by atoms with Crippen LogP contribution in [-0.2, 0) is 27.2 Å². The standard InChI is InChI=1S/C18H20N6O/c1-4-23-9-7-19-16(23)17-20-8-10-24(17)12-13-5-6-14-15(11-13)22(3)18(25)21(14)2/h5-11H,4,12H2,1-3H3. The van der Waals surface area contributed by atoms with Gasteiger partial charge in [0.1, 0.15) is 0 Å². The first-order valence-electron chi connectivity index (χ1n) is 8.27. The number of rotatable bonds is 4. The van der Waals surface area contributed by atoms with Gasteiger partial charge in [0.15, 0.2) is 11.6 Å². The number of nitrogens with zero attached hydrogens (tertiary/aromatic N) is 6. The summed E-state index contributed by atoms with van der Waals surface area (Å²) in [7, 11) is 3.60. The van der Waals surface area contributed by atoms with E-state index in [-0.39, 0.29) is 5.69 Å². The Morgan fingerprint density at radius 2 is 1.56 bits per heavy atom. The summed E-state index contributed by atoms with van der Waals surface area (Å²) < 4.78 is 7.50. The summed E-state index contributed by atoms with van der Waals surface area (Å²) in [5.41, 5.74) is 2.97. The van der Waals surface area contributed by atoms with Gasteiger partial charge in [-0.15, -0.1) is 0 Å². The molecule has 3 aromatic heterocycles. The average molecular weight is 336 g/mol. The first-order valence-corrected chi connectivity index (χ1v) is 8.27. The van der Waals surface area contributed by atoms with Crippen LogP contribution in [0.1, 0.15) is 12.5 Å². The molecule has 0 bridgehead atoms.